The molecule has 11 heteroatoms. The van der Waals surface area contributed by atoms with Gasteiger partial charge in [-0.05, 0) is 37.5 Å². The Balaban J connectivity index is 1.97. The van der Waals surface area contributed by atoms with Gasteiger partial charge in [-0.1, -0.05) is 12.8 Å². The molecule has 174 valence electrons. The lowest BCUT2D eigenvalue weighted by molar-refractivity contribution is 0.000983. The number of carbonyl (C=O) groups is 1. The monoisotopic (exact) mass is 473 g/mol. The predicted molar refractivity (Wildman–Crippen MR) is 117 cm³/mol. The van der Waals surface area contributed by atoms with Crippen molar-refractivity contribution < 1.29 is 26.4 Å². The number of rotatable bonds is 6. The average molecular weight is 474 g/mol. The summed E-state index contributed by atoms with van der Waals surface area (Å²) in [7, 11) is -2.30. The third-order valence-corrected chi connectivity index (χ3v) is 9.46. The van der Waals surface area contributed by atoms with Gasteiger partial charge in [-0.25, -0.2) is 21.8 Å². The number of amides is 1. The molecule has 1 atom stereocenters. The molecular formula is C20H31N3O6S2. The van der Waals surface area contributed by atoms with Gasteiger partial charge in [-0.2, -0.15) is 4.31 Å². The summed E-state index contributed by atoms with van der Waals surface area (Å²) >= 11 is 0. The van der Waals surface area contributed by atoms with E-state index in [4.69, 9.17) is 4.74 Å². The second-order valence-corrected chi connectivity index (χ2v) is 12.4. The molecule has 2 aliphatic heterocycles. The normalized spacial score (nSPS) is 22.3. The zero-order chi connectivity index (χ0) is 22.8. The van der Waals surface area contributed by atoms with E-state index in [1.54, 1.807) is 19.1 Å². The Labute approximate surface area is 184 Å². The lowest BCUT2D eigenvalue weighted by Crippen LogP contribution is -2.49. The number of sulfonamides is 1. The molecule has 2 fully saturated rings. The number of hydrogen-bond donors (Lipinski definition) is 0. The largest absolute Gasteiger partial charge is 0.495 e. The molecule has 2 heterocycles. The van der Waals surface area contributed by atoms with Crippen LogP contribution in [0.1, 0.15) is 42.5 Å². The minimum atomic E-state index is -3.84. The van der Waals surface area contributed by atoms with Gasteiger partial charge in [0.15, 0.2) is 9.84 Å². The summed E-state index contributed by atoms with van der Waals surface area (Å²) in [5.74, 6) is -0.332. The average Bonchev–Trinajstić information content (AvgIpc) is 2.91. The summed E-state index contributed by atoms with van der Waals surface area (Å²) in [6.07, 6.45) is 3.92. The lowest BCUT2D eigenvalue weighted by atomic mass is 10.1. The zero-order valence-corrected chi connectivity index (χ0v) is 19.9. The Kier molecular flexibility index (Phi) is 7.29. The van der Waals surface area contributed by atoms with Crippen molar-refractivity contribution in [1.82, 2.24) is 14.3 Å². The Morgan fingerprint density at radius 2 is 1.77 bits per heavy atom. The molecule has 0 spiro atoms. The van der Waals surface area contributed by atoms with E-state index in [1.807, 2.05) is 0 Å². The van der Waals surface area contributed by atoms with Crippen LogP contribution >= 0.6 is 0 Å². The maximum Gasteiger partial charge on any atom is 0.268 e. The van der Waals surface area contributed by atoms with Gasteiger partial charge in [0.2, 0.25) is 10.0 Å². The van der Waals surface area contributed by atoms with Gasteiger partial charge in [-0.15, -0.1) is 0 Å². The molecule has 9 nitrogen and oxygen atoms in total. The number of carbonyl (C=O) groups excluding carboxylic acids is 1. The van der Waals surface area contributed by atoms with Gasteiger partial charge < -0.3 is 4.74 Å². The zero-order valence-electron chi connectivity index (χ0n) is 18.3. The fourth-order valence-electron chi connectivity index (χ4n) is 4.21. The van der Waals surface area contributed by atoms with Crippen LogP contribution in [0.25, 0.3) is 0 Å². The highest BCUT2D eigenvalue weighted by atomic mass is 32.2. The summed E-state index contributed by atoms with van der Waals surface area (Å²) < 4.78 is 57.4. The fourth-order valence-corrected chi connectivity index (χ4v) is 7.60. The SMILES string of the molecule is COc1ccc(C(=O)N([C@@H]2CCS(=O)(=O)C2)N(C)C)cc1S(=O)(=O)N1CCCCCC1. The van der Waals surface area contributed by atoms with Crippen LogP contribution in [0.3, 0.4) is 0 Å². The summed E-state index contributed by atoms with van der Waals surface area (Å²) in [5.41, 5.74) is 0.173. The number of hydrazine groups is 1. The molecule has 2 saturated heterocycles. The minimum absolute atomic E-state index is 0.0342. The summed E-state index contributed by atoms with van der Waals surface area (Å²) in [6, 6.07) is 3.86. The van der Waals surface area contributed by atoms with Crippen molar-refractivity contribution in [3.05, 3.63) is 23.8 Å². The Hall–Kier alpha value is -1.69. The van der Waals surface area contributed by atoms with E-state index in [9.17, 15) is 21.6 Å². The molecule has 0 N–H and O–H groups in total. The third-order valence-electron chi connectivity index (χ3n) is 5.79. The van der Waals surface area contributed by atoms with Crippen molar-refractivity contribution in [3.63, 3.8) is 0 Å². The van der Waals surface area contributed by atoms with Gasteiger partial charge in [0, 0.05) is 32.7 Å². The van der Waals surface area contributed by atoms with Crippen molar-refractivity contribution in [3.8, 4) is 5.75 Å². The van der Waals surface area contributed by atoms with Crippen LogP contribution in [-0.2, 0) is 19.9 Å². The molecule has 1 amide bonds. The van der Waals surface area contributed by atoms with Crippen molar-refractivity contribution in [2.24, 2.45) is 0 Å². The molecule has 0 unspecified atom stereocenters. The van der Waals surface area contributed by atoms with Crippen LogP contribution in [-0.4, -0.2) is 88.9 Å². The van der Waals surface area contributed by atoms with Crippen LogP contribution < -0.4 is 4.74 Å². The number of ether oxygens (including phenoxy) is 1. The number of methoxy groups -OCH3 is 1. The van der Waals surface area contributed by atoms with Gasteiger partial charge in [0.25, 0.3) is 5.91 Å². The molecule has 31 heavy (non-hydrogen) atoms. The Morgan fingerprint density at radius 3 is 2.29 bits per heavy atom. The Morgan fingerprint density at radius 1 is 1.13 bits per heavy atom. The van der Waals surface area contributed by atoms with Crippen LogP contribution in [0, 0.1) is 0 Å². The quantitative estimate of drug-likeness (QED) is 0.575. The summed E-state index contributed by atoms with van der Waals surface area (Å²) in [6.45, 7) is 0.876. The van der Waals surface area contributed by atoms with Crippen molar-refractivity contribution >= 4 is 25.8 Å². The molecule has 3 rings (SSSR count). The van der Waals surface area contributed by atoms with Crippen LogP contribution in [0.15, 0.2) is 23.1 Å². The molecule has 2 aliphatic rings. The first-order valence-electron chi connectivity index (χ1n) is 10.5. The number of hydrogen-bond acceptors (Lipinski definition) is 7. The lowest BCUT2D eigenvalue weighted by Gasteiger charge is -2.34. The highest BCUT2D eigenvalue weighted by molar-refractivity contribution is 7.91. The van der Waals surface area contributed by atoms with Crippen molar-refractivity contribution in [2.75, 3.05) is 45.8 Å². The highest BCUT2D eigenvalue weighted by Crippen LogP contribution is 2.30. The fraction of sp³-hybridized carbons (Fsp3) is 0.650. The number of sulfone groups is 1. The molecule has 1 aromatic carbocycles. The second kappa shape index (κ2) is 9.43. The second-order valence-electron chi connectivity index (χ2n) is 8.24. The van der Waals surface area contributed by atoms with Crippen LogP contribution in [0.2, 0.25) is 0 Å². The maximum atomic E-state index is 13.4. The summed E-state index contributed by atoms with van der Waals surface area (Å²) in [4.78, 5) is 13.3. The van der Waals surface area contributed by atoms with Gasteiger partial charge in [0.1, 0.15) is 10.6 Å². The molecule has 0 aliphatic carbocycles. The molecule has 1 aromatic rings. The van der Waals surface area contributed by atoms with Gasteiger partial charge in [0.05, 0.1) is 24.7 Å². The van der Waals surface area contributed by atoms with E-state index in [2.05, 4.69) is 0 Å². The molecular weight excluding hydrogens is 442 g/mol. The molecule has 0 radical (unpaired) electrons. The first-order valence-corrected chi connectivity index (χ1v) is 13.7. The van der Waals surface area contributed by atoms with E-state index in [0.717, 1.165) is 25.7 Å². The van der Waals surface area contributed by atoms with E-state index < -0.39 is 31.8 Å². The smallest absolute Gasteiger partial charge is 0.268 e. The highest BCUT2D eigenvalue weighted by Gasteiger charge is 2.37. The number of benzene rings is 1. The third kappa shape index (κ3) is 5.21. The predicted octanol–water partition coefficient (Wildman–Crippen LogP) is 1.37. The summed E-state index contributed by atoms with van der Waals surface area (Å²) in [5, 5.41) is 2.95. The van der Waals surface area contributed by atoms with E-state index in [1.165, 1.54) is 34.6 Å². The maximum absolute atomic E-state index is 13.4. The Bertz CT molecular complexity index is 1020. The first-order chi connectivity index (χ1) is 14.6. The van der Waals surface area contributed by atoms with Gasteiger partial charge >= 0.3 is 0 Å². The van der Waals surface area contributed by atoms with E-state index >= 15 is 0 Å². The number of nitrogens with zero attached hydrogens (tertiary/aromatic N) is 3. The molecule has 0 bridgehead atoms. The standard InChI is InChI=1S/C20H31N3O6S2/c1-21(2)23(17-10-13-30(25,26)15-17)20(24)16-8-9-18(29-3)19(14-16)31(27,28)22-11-6-4-5-7-12-22/h8-9,14,17H,4-7,10-13,15H2,1-3H3/t17-/m1/s1. The van der Waals surface area contributed by atoms with Gasteiger partial charge in [-0.3, -0.25) is 9.80 Å². The van der Waals surface area contributed by atoms with Crippen molar-refractivity contribution in [1.29, 1.82) is 0 Å². The molecule has 0 aromatic heterocycles. The van der Waals surface area contributed by atoms with E-state index in [0.29, 0.717) is 19.5 Å². The first kappa shape index (κ1) is 24.0. The minimum Gasteiger partial charge on any atom is -0.495 e. The van der Waals surface area contributed by atoms with Crippen LogP contribution in [0.5, 0.6) is 5.75 Å². The van der Waals surface area contributed by atoms with E-state index in [-0.39, 0.29) is 27.7 Å². The van der Waals surface area contributed by atoms with Crippen molar-refractivity contribution in [2.45, 2.75) is 43.0 Å². The van der Waals surface area contributed by atoms with Crippen LogP contribution in [0.4, 0.5) is 0 Å². The molecule has 0 saturated carbocycles. The topological polar surface area (TPSA) is 104 Å².